The van der Waals surface area contributed by atoms with Crippen LogP contribution in [0, 0.1) is 0 Å². The van der Waals surface area contributed by atoms with Gasteiger partial charge in [-0.1, -0.05) is 42.1 Å². The SMILES string of the molecule is O=C(CSc1nc(Nc2ccccc2)c2ccccc2n1)NC1CC1. The van der Waals surface area contributed by atoms with E-state index in [1.54, 1.807) is 0 Å². The lowest BCUT2D eigenvalue weighted by Crippen LogP contribution is -2.27. The van der Waals surface area contributed by atoms with Crippen molar-refractivity contribution in [1.82, 2.24) is 15.3 Å². The standard InChI is InChI=1S/C19H18N4OS/c24-17(20-14-10-11-14)12-25-19-22-16-9-5-4-8-15(16)18(23-19)21-13-6-2-1-3-7-13/h1-9,14H,10-12H2,(H,20,24)(H,21,22,23). The molecule has 4 rings (SSSR count). The average Bonchev–Trinajstić information content (AvgIpc) is 3.45. The molecule has 1 fully saturated rings. The van der Waals surface area contributed by atoms with Gasteiger partial charge in [0, 0.05) is 17.1 Å². The van der Waals surface area contributed by atoms with Gasteiger partial charge in [0.25, 0.3) is 0 Å². The zero-order valence-corrected chi connectivity index (χ0v) is 14.4. The summed E-state index contributed by atoms with van der Waals surface area (Å²) in [6, 6.07) is 18.2. The van der Waals surface area contributed by atoms with Crippen molar-refractivity contribution in [2.75, 3.05) is 11.1 Å². The van der Waals surface area contributed by atoms with Crippen LogP contribution in [-0.4, -0.2) is 27.7 Å². The number of thioether (sulfide) groups is 1. The highest BCUT2D eigenvalue weighted by atomic mass is 32.2. The molecule has 2 N–H and O–H groups in total. The van der Waals surface area contributed by atoms with Crippen LogP contribution >= 0.6 is 11.8 Å². The zero-order valence-electron chi connectivity index (χ0n) is 13.6. The number of fused-ring (bicyclic) bond motifs is 1. The molecular weight excluding hydrogens is 332 g/mol. The zero-order chi connectivity index (χ0) is 17.1. The molecule has 0 aliphatic heterocycles. The van der Waals surface area contributed by atoms with Gasteiger partial charge in [0.05, 0.1) is 11.3 Å². The van der Waals surface area contributed by atoms with E-state index in [0.717, 1.165) is 35.2 Å². The molecule has 1 amide bonds. The predicted octanol–water partition coefficient (Wildman–Crippen LogP) is 3.74. The summed E-state index contributed by atoms with van der Waals surface area (Å²) >= 11 is 1.36. The maximum atomic E-state index is 11.9. The molecule has 3 aromatic rings. The van der Waals surface area contributed by atoms with Gasteiger partial charge in [-0.3, -0.25) is 4.79 Å². The van der Waals surface area contributed by atoms with E-state index in [1.807, 2.05) is 54.6 Å². The smallest absolute Gasteiger partial charge is 0.230 e. The van der Waals surface area contributed by atoms with E-state index in [1.165, 1.54) is 11.8 Å². The van der Waals surface area contributed by atoms with Crippen LogP contribution in [0.1, 0.15) is 12.8 Å². The molecule has 5 nitrogen and oxygen atoms in total. The monoisotopic (exact) mass is 350 g/mol. The van der Waals surface area contributed by atoms with Gasteiger partial charge in [0.1, 0.15) is 5.82 Å². The van der Waals surface area contributed by atoms with Gasteiger partial charge in [0.2, 0.25) is 5.91 Å². The Kier molecular flexibility index (Phi) is 4.52. The lowest BCUT2D eigenvalue weighted by molar-refractivity contribution is -0.118. The molecule has 1 aromatic heterocycles. The fourth-order valence-corrected chi connectivity index (χ4v) is 3.16. The maximum Gasteiger partial charge on any atom is 0.230 e. The third kappa shape index (κ3) is 4.09. The quantitative estimate of drug-likeness (QED) is 0.524. The van der Waals surface area contributed by atoms with Crippen LogP contribution in [0.4, 0.5) is 11.5 Å². The van der Waals surface area contributed by atoms with Crippen molar-refractivity contribution in [3.8, 4) is 0 Å². The minimum atomic E-state index is 0.0434. The van der Waals surface area contributed by atoms with Crippen molar-refractivity contribution in [2.45, 2.75) is 24.0 Å². The second-order valence-corrected chi connectivity index (χ2v) is 6.94. The fourth-order valence-electron chi connectivity index (χ4n) is 2.50. The Morgan fingerprint density at radius 2 is 1.80 bits per heavy atom. The Balaban J connectivity index is 1.57. The third-order valence-electron chi connectivity index (χ3n) is 3.89. The molecule has 2 aromatic carbocycles. The number of nitrogens with zero attached hydrogens (tertiary/aromatic N) is 2. The summed E-state index contributed by atoms with van der Waals surface area (Å²) in [6.45, 7) is 0. The molecule has 0 spiro atoms. The number of rotatable bonds is 6. The number of carbonyl (C=O) groups excluding carboxylic acids is 1. The molecule has 0 radical (unpaired) electrons. The number of aromatic nitrogens is 2. The molecule has 0 bridgehead atoms. The Morgan fingerprint density at radius 3 is 2.60 bits per heavy atom. The normalized spacial score (nSPS) is 13.6. The number of anilines is 2. The second kappa shape index (κ2) is 7.11. The Hall–Kier alpha value is -2.60. The van der Waals surface area contributed by atoms with Crippen molar-refractivity contribution in [2.24, 2.45) is 0 Å². The summed E-state index contributed by atoms with van der Waals surface area (Å²) in [5.74, 6) is 1.13. The van der Waals surface area contributed by atoms with E-state index < -0.39 is 0 Å². The number of hydrogen-bond donors (Lipinski definition) is 2. The number of carbonyl (C=O) groups is 1. The first-order valence-electron chi connectivity index (χ1n) is 8.29. The van der Waals surface area contributed by atoms with Gasteiger partial charge < -0.3 is 10.6 Å². The van der Waals surface area contributed by atoms with Gasteiger partial charge in [0.15, 0.2) is 5.16 Å². The molecule has 25 heavy (non-hydrogen) atoms. The number of nitrogens with one attached hydrogen (secondary N) is 2. The molecule has 0 atom stereocenters. The minimum Gasteiger partial charge on any atom is -0.353 e. The van der Waals surface area contributed by atoms with Crippen molar-refractivity contribution >= 4 is 40.1 Å². The summed E-state index contributed by atoms with van der Waals surface area (Å²) in [4.78, 5) is 21.1. The lowest BCUT2D eigenvalue weighted by Gasteiger charge is -2.10. The van der Waals surface area contributed by atoms with Crippen molar-refractivity contribution < 1.29 is 4.79 Å². The fraction of sp³-hybridized carbons (Fsp3) is 0.211. The van der Waals surface area contributed by atoms with Crippen LogP contribution in [-0.2, 0) is 4.79 Å². The molecule has 6 heteroatoms. The first-order valence-corrected chi connectivity index (χ1v) is 9.27. The van der Waals surface area contributed by atoms with Gasteiger partial charge in [-0.25, -0.2) is 9.97 Å². The first-order chi connectivity index (χ1) is 12.3. The Bertz CT molecular complexity index is 896. The molecule has 1 aliphatic carbocycles. The van der Waals surface area contributed by atoms with E-state index in [2.05, 4.69) is 20.6 Å². The summed E-state index contributed by atoms with van der Waals surface area (Å²) in [6.07, 6.45) is 2.18. The average molecular weight is 350 g/mol. The summed E-state index contributed by atoms with van der Waals surface area (Å²) in [5.41, 5.74) is 1.83. The number of para-hydroxylation sites is 2. The van der Waals surface area contributed by atoms with Crippen LogP contribution in [0.5, 0.6) is 0 Å². The maximum absolute atomic E-state index is 11.9. The molecular formula is C19H18N4OS. The van der Waals surface area contributed by atoms with E-state index in [4.69, 9.17) is 0 Å². The molecule has 0 saturated heterocycles. The van der Waals surface area contributed by atoms with Gasteiger partial charge in [-0.15, -0.1) is 0 Å². The van der Waals surface area contributed by atoms with Gasteiger partial charge in [-0.05, 0) is 37.1 Å². The van der Waals surface area contributed by atoms with Gasteiger partial charge in [-0.2, -0.15) is 0 Å². The van der Waals surface area contributed by atoms with Gasteiger partial charge >= 0.3 is 0 Å². The Morgan fingerprint density at radius 1 is 1.04 bits per heavy atom. The van der Waals surface area contributed by atoms with Crippen molar-refractivity contribution in [3.63, 3.8) is 0 Å². The summed E-state index contributed by atoms with van der Waals surface area (Å²) in [5, 5.41) is 7.89. The van der Waals surface area contributed by atoms with E-state index in [9.17, 15) is 4.79 Å². The molecule has 1 saturated carbocycles. The van der Waals surface area contributed by atoms with Crippen LogP contribution in [0.25, 0.3) is 10.9 Å². The highest BCUT2D eigenvalue weighted by Gasteiger charge is 2.23. The molecule has 1 aliphatic rings. The topological polar surface area (TPSA) is 66.9 Å². The van der Waals surface area contributed by atoms with E-state index >= 15 is 0 Å². The minimum absolute atomic E-state index is 0.0434. The predicted molar refractivity (Wildman–Crippen MR) is 101 cm³/mol. The first kappa shape index (κ1) is 15.9. The number of benzene rings is 2. The Labute approximate surface area is 150 Å². The van der Waals surface area contributed by atoms with E-state index in [-0.39, 0.29) is 5.91 Å². The van der Waals surface area contributed by atoms with Crippen molar-refractivity contribution in [3.05, 3.63) is 54.6 Å². The third-order valence-corrected chi connectivity index (χ3v) is 4.74. The second-order valence-electron chi connectivity index (χ2n) is 5.99. The molecule has 0 unspecified atom stereocenters. The summed E-state index contributed by atoms with van der Waals surface area (Å²) in [7, 11) is 0. The lowest BCUT2D eigenvalue weighted by atomic mass is 10.2. The number of hydrogen-bond acceptors (Lipinski definition) is 5. The highest BCUT2D eigenvalue weighted by Crippen LogP contribution is 2.27. The molecule has 1 heterocycles. The highest BCUT2D eigenvalue weighted by molar-refractivity contribution is 7.99. The molecule has 126 valence electrons. The van der Waals surface area contributed by atoms with Crippen LogP contribution < -0.4 is 10.6 Å². The number of amides is 1. The largest absolute Gasteiger partial charge is 0.353 e. The summed E-state index contributed by atoms with van der Waals surface area (Å²) < 4.78 is 0. The van der Waals surface area contributed by atoms with E-state index in [0.29, 0.717) is 17.0 Å². The van der Waals surface area contributed by atoms with Crippen LogP contribution in [0.15, 0.2) is 59.8 Å². The van der Waals surface area contributed by atoms with Crippen LogP contribution in [0.3, 0.4) is 0 Å². The van der Waals surface area contributed by atoms with Crippen molar-refractivity contribution in [1.29, 1.82) is 0 Å². The van der Waals surface area contributed by atoms with Crippen LogP contribution in [0.2, 0.25) is 0 Å².